The molecule has 1 fully saturated rings. The summed E-state index contributed by atoms with van der Waals surface area (Å²) in [7, 11) is 0. The van der Waals surface area contributed by atoms with Crippen molar-refractivity contribution in [1.82, 2.24) is 24.6 Å². The van der Waals surface area contributed by atoms with Crippen LogP contribution in [0, 0.1) is 23.0 Å². The molecule has 30 heavy (non-hydrogen) atoms. The lowest BCUT2D eigenvalue weighted by atomic mass is 9.70. The average molecular weight is 415 g/mol. The minimum absolute atomic E-state index is 0.0327. The van der Waals surface area contributed by atoms with E-state index in [4.69, 9.17) is 4.98 Å². The van der Waals surface area contributed by atoms with Gasteiger partial charge in [0.05, 0.1) is 11.9 Å². The fourth-order valence-corrected chi connectivity index (χ4v) is 4.52. The van der Waals surface area contributed by atoms with Crippen molar-refractivity contribution in [2.75, 3.05) is 0 Å². The maximum absolute atomic E-state index is 14.3. The van der Waals surface area contributed by atoms with E-state index in [1.807, 2.05) is 6.92 Å². The third kappa shape index (κ3) is 3.63. The number of H-pyrrole nitrogens is 1. The zero-order valence-electron chi connectivity index (χ0n) is 17.8. The summed E-state index contributed by atoms with van der Waals surface area (Å²) in [5.41, 5.74) is 0.740. The highest BCUT2D eigenvalue weighted by Crippen LogP contribution is 2.43. The monoisotopic (exact) mass is 415 g/mol. The number of rotatable bonds is 3. The molecule has 1 saturated carbocycles. The van der Waals surface area contributed by atoms with E-state index >= 15 is 0 Å². The second kappa shape index (κ2) is 7.56. The lowest BCUT2D eigenvalue weighted by Gasteiger charge is -2.36. The first-order chi connectivity index (χ1) is 14.2. The van der Waals surface area contributed by atoms with E-state index < -0.39 is 17.2 Å². The van der Waals surface area contributed by atoms with Crippen molar-refractivity contribution in [1.29, 1.82) is 0 Å². The van der Waals surface area contributed by atoms with Crippen molar-refractivity contribution in [3.8, 4) is 11.5 Å². The first-order valence-electron chi connectivity index (χ1n) is 10.5. The summed E-state index contributed by atoms with van der Waals surface area (Å²) < 4.78 is 29.1. The molecule has 0 aliphatic heterocycles. The van der Waals surface area contributed by atoms with Crippen molar-refractivity contribution < 1.29 is 8.78 Å². The van der Waals surface area contributed by atoms with E-state index in [2.05, 4.69) is 35.8 Å². The van der Waals surface area contributed by atoms with Crippen molar-refractivity contribution in [3.63, 3.8) is 0 Å². The second-order valence-corrected chi connectivity index (χ2v) is 9.23. The summed E-state index contributed by atoms with van der Waals surface area (Å²) in [6, 6.07) is 0.729. The van der Waals surface area contributed by atoms with Crippen LogP contribution in [0.1, 0.15) is 70.8 Å². The number of hydrogen-bond acceptors (Lipinski definition) is 4. The Morgan fingerprint density at radius 2 is 1.90 bits per heavy atom. The molecule has 6 nitrogen and oxygen atoms in total. The van der Waals surface area contributed by atoms with Gasteiger partial charge in [0.25, 0.3) is 5.56 Å². The van der Waals surface area contributed by atoms with Gasteiger partial charge in [-0.3, -0.25) is 4.79 Å². The molecule has 0 unspecified atom stereocenters. The molecule has 3 aromatic rings. The largest absolute Gasteiger partial charge is 0.302 e. The topological polar surface area (TPSA) is 75.9 Å². The van der Waals surface area contributed by atoms with Gasteiger partial charge < -0.3 is 4.98 Å². The number of halogens is 2. The third-order valence-electron chi connectivity index (χ3n) is 6.28. The quantitative estimate of drug-likeness (QED) is 0.676. The lowest BCUT2D eigenvalue weighted by Crippen LogP contribution is -2.26. The van der Waals surface area contributed by atoms with Crippen molar-refractivity contribution in [2.24, 2.45) is 11.3 Å². The maximum atomic E-state index is 14.3. The van der Waals surface area contributed by atoms with E-state index in [0.29, 0.717) is 23.5 Å². The highest BCUT2D eigenvalue weighted by atomic mass is 19.1. The lowest BCUT2D eigenvalue weighted by molar-refractivity contribution is 0.167. The van der Waals surface area contributed by atoms with Gasteiger partial charge in [0.15, 0.2) is 17.2 Å². The summed E-state index contributed by atoms with van der Waals surface area (Å²) in [6.45, 7) is 8.76. The molecule has 3 heterocycles. The number of imidazole rings is 1. The first kappa shape index (κ1) is 20.6. The molecule has 1 N–H and O–H groups in total. The Labute approximate surface area is 173 Å². The molecule has 160 valence electrons. The Balaban J connectivity index is 1.79. The van der Waals surface area contributed by atoms with Crippen LogP contribution in [0.4, 0.5) is 8.78 Å². The SMILES string of the molecule is CCc1nc(C2CCC(C(C)(C)C)CC2)n2nc(-c3ncc(F)cc3F)[nH]c(=O)c12. The average Bonchev–Trinajstić information content (AvgIpc) is 3.06. The number of pyridine rings is 1. The summed E-state index contributed by atoms with van der Waals surface area (Å²) >= 11 is 0. The van der Waals surface area contributed by atoms with Crippen molar-refractivity contribution >= 4 is 5.52 Å². The molecule has 0 amide bonds. The zero-order valence-corrected chi connectivity index (χ0v) is 17.8. The summed E-state index contributed by atoms with van der Waals surface area (Å²) in [4.78, 5) is 24.0. The molecule has 0 atom stereocenters. The first-order valence-corrected chi connectivity index (χ1v) is 10.5. The summed E-state index contributed by atoms with van der Waals surface area (Å²) in [5.74, 6) is -0.120. The number of aryl methyl sites for hydroxylation is 1. The van der Waals surface area contributed by atoms with Crippen LogP contribution in [0.2, 0.25) is 0 Å². The Bertz CT molecular complexity index is 1140. The molecule has 0 bridgehead atoms. The standard InChI is InChI=1S/C22H27F2N5O/c1-5-16-18-21(30)27-19(17-15(24)10-14(23)11-25-17)28-29(18)20(26-16)12-6-8-13(9-7-12)22(2,3)4/h10-13H,5-9H2,1-4H3,(H,27,28,30). The molecule has 0 aromatic carbocycles. The minimum atomic E-state index is -0.874. The molecule has 1 aliphatic carbocycles. The molecule has 0 spiro atoms. The number of aromatic amines is 1. The second-order valence-electron chi connectivity index (χ2n) is 9.23. The molecule has 8 heteroatoms. The van der Waals surface area contributed by atoms with Gasteiger partial charge in [-0.25, -0.2) is 23.3 Å². The van der Waals surface area contributed by atoms with Gasteiger partial charge in [-0.2, -0.15) is 0 Å². The normalized spacial score (nSPS) is 20.1. The maximum Gasteiger partial charge on any atom is 0.277 e. The number of nitrogens with zero attached hydrogens (tertiary/aromatic N) is 4. The van der Waals surface area contributed by atoms with E-state index in [0.717, 1.165) is 43.8 Å². The summed E-state index contributed by atoms with van der Waals surface area (Å²) in [6.07, 6.45) is 5.62. The Kier molecular flexibility index (Phi) is 5.20. The van der Waals surface area contributed by atoms with Crippen LogP contribution in [-0.4, -0.2) is 24.6 Å². The predicted octanol–water partition coefficient (Wildman–Crippen LogP) is 4.64. The molecule has 1 aliphatic rings. The number of hydrogen-bond donors (Lipinski definition) is 1. The van der Waals surface area contributed by atoms with Crippen LogP contribution in [0.5, 0.6) is 0 Å². The zero-order chi connectivity index (χ0) is 21.6. The van der Waals surface area contributed by atoms with E-state index in [1.165, 1.54) is 0 Å². The van der Waals surface area contributed by atoms with Crippen LogP contribution < -0.4 is 5.56 Å². The van der Waals surface area contributed by atoms with E-state index in [-0.39, 0.29) is 22.9 Å². The van der Waals surface area contributed by atoms with Crippen LogP contribution >= 0.6 is 0 Å². The van der Waals surface area contributed by atoms with E-state index in [9.17, 15) is 13.6 Å². The molecule has 0 saturated heterocycles. The van der Waals surface area contributed by atoms with Gasteiger partial charge in [-0.05, 0) is 43.4 Å². The van der Waals surface area contributed by atoms with Gasteiger partial charge in [-0.15, -0.1) is 5.10 Å². The Morgan fingerprint density at radius 3 is 2.50 bits per heavy atom. The number of fused-ring (bicyclic) bond motifs is 1. The van der Waals surface area contributed by atoms with Crippen LogP contribution in [0.15, 0.2) is 17.1 Å². The van der Waals surface area contributed by atoms with Gasteiger partial charge in [0.1, 0.15) is 17.3 Å². The van der Waals surface area contributed by atoms with Crippen LogP contribution in [0.25, 0.3) is 17.0 Å². The Morgan fingerprint density at radius 1 is 1.20 bits per heavy atom. The number of nitrogens with one attached hydrogen (secondary N) is 1. The Hall–Kier alpha value is -2.64. The summed E-state index contributed by atoms with van der Waals surface area (Å²) in [5, 5.41) is 4.48. The van der Waals surface area contributed by atoms with Gasteiger partial charge in [-0.1, -0.05) is 27.7 Å². The molecule has 4 rings (SSSR count). The minimum Gasteiger partial charge on any atom is -0.302 e. The highest BCUT2D eigenvalue weighted by Gasteiger charge is 2.33. The van der Waals surface area contributed by atoms with Crippen LogP contribution in [-0.2, 0) is 6.42 Å². The van der Waals surface area contributed by atoms with Crippen molar-refractivity contribution in [3.05, 3.63) is 45.8 Å². The van der Waals surface area contributed by atoms with E-state index in [1.54, 1.807) is 4.52 Å². The molecular formula is C22H27F2N5O. The van der Waals surface area contributed by atoms with Gasteiger partial charge in [0.2, 0.25) is 0 Å². The number of aromatic nitrogens is 5. The third-order valence-corrected chi connectivity index (χ3v) is 6.28. The van der Waals surface area contributed by atoms with Gasteiger partial charge in [0, 0.05) is 12.0 Å². The highest BCUT2D eigenvalue weighted by molar-refractivity contribution is 5.55. The smallest absolute Gasteiger partial charge is 0.277 e. The van der Waals surface area contributed by atoms with Crippen molar-refractivity contribution in [2.45, 2.75) is 65.7 Å². The predicted molar refractivity (Wildman–Crippen MR) is 110 cm³/mol. The molecule has 3 aromatic heterocycles. The fraction of sp³-hybridized carbons (Fsp3) is 0.545. The van der Waals surface area contributed by atoms with Crippen LogP contribution in [0.3, 0.4) is 0 Å². The van der Waals surface area contributed by atoms with Gasteiger partial charge >= 0.3 is 0 Å². The molecule has 0 radical (unpaired) electrons. The fourth-order valence-electron chi connectivity index (χ4n) is 4.52. The molecular weight excluding hydrogens is 388 g/mol.